The quantitative estimate of drug-likeness (QED) is 0.0166. The van der Waals surface area contributed by atoms with Gasteiger partial charge in [0.15, 0.2) is 5.96 Å². The number of guanidine groups is 1. The molecule has 0 spiro atoms. The molecule has 0 aliphatic heterocycles. The van der Waals surface area contributed by atoms with E-state index in [0.29, 0.717) is 12.8 Å². The molecule has 0 aromatic heterocycles. The number of thioether (sulfide) groups is 1. The molecule has 442 valence electrons. The number of carboxylic acid groups (broad SMARTS) is 1. The van der Waals surface area contributed by atoms with E-state index in [2.05, 4.69) is 42.2 Å². The third-order valence-corrected chi connectivity index (χ3v) is 12.0. The molecule has 1 rings (SSSR count). The number of phenols is 1. The Morgan fingerprint density at radius 1 is 0.532 bits per heavy atom. The first-order valence-corrected chi connectivity index (χ1v) is 26.1. The number of nitrogens with zero attached hydrogens (tertiary/aromatic N) is 1. The van der Waals surface area contributed by atoms with E-state index in [0.717, 1.165) is 6.92 Å². The van der Waals surface area contributed by atoms with Crippen molar-refractivity contribution in [3.8, 4) is 5.75 Å². The number of phenolic OH excluding ortho intramolecular Hbond substituents is 1. The summed E-state index contributed by atoms with van der Waals surface area (Å²) in [6.07, 6.45) is -4.11. The molecule has 1 aromatic carbocycles. The average molecular weight is 1140 g/mol. The van der Waals surface area contributed by atoms with Gasteiger partial charge in [-0.2, -0.15) is 11.8 Å². The first kappa shape index (κ1) is 69.1. The highest BCUT2D eigenvalue weighted by molar-refractivity contribution is 7.98. The van der Waals surface area contributed by atoms with Crippen molar-refractivity contribution in [2.75, 3.05) is 25.1 Å². The Balaban J connectivity index is 3.66. The number of aliphatic carboxylic acids is 1. The number of unbranched alkanes of at least 4 members (excludes halogenated alkanes) is 1. The van der Waals surface area contributed by atoms with Gasteiger partial charge in [0, 0.05) is 13.0 Å². The van der Waals surface area contributed by atoms with Gasteiger partial charge in [-0.3, -0.25) is 57.7 Å². The number of nitrogens with one attached hydrogen (secondary N) is 8. The number of aromatic hydroxyl groups is 1. The molecule has 0 aliphatic carbocycles. The molecule has 79 heavy (non-hydrogen) atoms. The molecular formula is C46H76N16O16S. The first-order valence-electron chi connectivity index (χ1n) is 24.7. The second-order valence-corrected chi connectivity index (χ2v) is 19.1. The summed E-state index contributed by atoms with van der Waals surface area (Å²) < 4.78 is 0. The Labute approximate surface area is 458 Å². The van der Waals surface area contributed by atoms with Crippen molar-refractivity contribution in [2.24, 2.45) is 45.1 Å². The predicted octanol–water partition coefficient (Wildman–Crippen LogP) is -8.45. The first-order chi connectivity index (χ1) is 37.0. The fourth-order valence-electron chi connectivity index (χ4n) is 7.11. The molecule has 1 aromatic rings. The minimum Gasteiger partial charge on any atom is -0.508 e. The van der Waals surface area contributed by atoms with Gasteiger partial charge < -0.3 is 103 Å². The maximum absolute atomic E-state index is 14.2. The third kappa shape index (κ3) is 26.8. The molecule has 0 radical (unpaired) electrons. The van der Waals surface area contributed by atoms with E-state index in [-0.39, 0.29) is 61.8 Å². The van der Waals surface area contributed by atoms with Crippen molar-refractivity contribution < 1.29 is 78.0 Å². The number of rotatable bonds is 38. The second kappa shape index (κ2) is 35.5. The SMILES string of the molecule is CSCC[C@H](NC(=O)[C@H](CCCN=C(N)N)NC(=O)[C@H](CC(N)=O)NC(=O)[C@H](CCCCN)NC(=O)[C@@H](N)[C@@H](C)O)C(=O)N[C@@H](CC(N)=O)C(=O)N[C@@H](Cc1ccc(O)cc1)C(=O)N[C@H](C(=O)N[C@@H](CC(N)=O)C(=O)O)[C@@H](C)O. The van der Waals surface area contributed by atoms with Crippen LogP contribution in [0.4, 0.5) is 0 Å². The number of carboxylic acids is 1. The fraction of sp³-hybridized carbons (Fsp3) is 0.587. The van der Waals surface area contributed by atoms with Gasteiger partial charge >= 0.3 is 5.97 Å². The number of hydrogen-bond donors (Lipinski definition) is 19. The zero-order valence-electron chi connectivity index (χ0n) is 43.9. The molecule has 0 saturated heterocycles. The Morgan fingerprint density at radius 3 is 1.37 bits per heavy atom. The van der Waals surface area contributed by atoms with Crippen molar-refractivity contribution in [2.45, 2.75) is 145 Å². The highest BCUT2D eigenvalue weighted by Crippen LogP contribution is 2.14. The average Bonchev–Trinajstić information content (AvgIpc) is 3.35. The summed E-state index contributed by atoms with van der Waals surface area (Å²) >= 11 is 1.22. The normalized spacial score (nSPS) is 15.1. The lowest BCUT2D eigenvalue weighted by molar-refractivity contribution is -0.144. The number of carbonyl (C=O) groups excluding carboxylic acids is 11. The molecule has 11 amide bonds. The molecule has 26 N–H and O–H groups in total. The topological polar surface area (TPSA) is 576 Å². The summed E-state index contributed by atoms with van der Waals surface area (Å²) in [6, 6.07) is -9.94. The summed E-state index contributed by atoms with van der Waals surface area (Å²) in [5, 5.41) is 58.3. The van der Waals surface area contributed by atoms with E-state index in [4.69, 9.17) is 40.1 Å². The molecule has 0 unspecified atom stereocenters. The van der Waals surface area contributed by atoms with E-state index < -0.39 is 163 Å². The van der Waals surface area contributed by atoms with Crippen LogP contribution in [0.3, 0.4) is 0 Å². The minimum absolute atomic E-state index is 0.00407. The molecule has 32 nitrogen and oxygen atoms in total. The molecule has 0 bridgehead atoms. The van der Waals surface area contributed by atoms with Gasteiger partial charge in [0.05, 0.1) is 31.5 Å². The van der Waals surface area contributed by atoms with E-state index in [9.17, 15) is 78.0 Å². The number of nitrogens with two attached hydrogens (primary N) is 7. The molecule has 11 atom stereocenters. The van der Waals surface area contributed by atoms with Gasteiger partial charge in [0.1, 0.15) is 60.1 Å². The number of benzene rings is 1. The van der Waals surface area contributed by atoms with E-state index in [1.165, 1.54) is 43.0 Å². The van der Waals surface area contributed by atoms with E-state index >= 15 is 0 Å². The monoisotopic (exact) mass is 1140 g/mol. The van der Waals surface area contributed by atoms with Gasteiger partial charge in [0.25, 0.3) is 0 Å². The van der Waals surface area contributed by atoms with E-state index in [1.54, 1.807) is 6.26 Å². The number of aliphatic hydroxyl groups is 2. The smallest absolute Gasteiger partial charge is 0.326 e. The fourth-order valence-corrected chi connectivity index (χ4v) is 7.58. The van der Waals surface area contributed by atoms with Crippen LogP contribution in [0.25, 0.3) is 0 Å². The van der Waals surface area contributed by atoms with Gasteiger partial charge in [-0.1, -0.05) is 12.1 Å². The molecule has 0 fully saturated rings. The molecule has 0 saturated carbocycles. The van der Waals surface area contributed by atoms with Crippen molar-refractivity contribution in [1.29, 1.82) is 0 Å². The van der Waals surface area contributed by atoms with Crippen LogP contribution in [-0.2, 0) is 64.0 Å². The van der Waals surface area contributed by atoms with Crippen molar-refractivity contribution in [3.05, 3.63) is 29.8 Å². The summed E-state index contributed by atoms with van der Waals surface area (Å²) in [4.78, 5) is 162. The molecule has 0 aliphatic rings. The summed E-state index contributed by atoms with van der Waals surface area (Å²) in [5.41, 5.74) is 38.6. The van der Waals surface area contributed by atoms with Crippen LogP contribution < -0.4 is 82.7 Å². The number of aliphatic imine (C=N–C) groups is 1. The van der Waals surface area contributed by atoms with E-state index in [1.807, 2.05) is 5.32 Å². The summed E-state index contributed by atoms with van der Waals surface area (Å²) in [6.45, 7) is 2.45. The maximum atomic E-state index is 14.2. The number of hydrogen-bond acceptors (Lipinski definition) is 19. The predicted molar refractivity (Wildman–Crippen MR) is 283 cm³/mol. The number of carbonyl (C=O) groups is 12. The number of amides is 11. The Morgan fingerprint density at radius 2 is 0.937 bits per heavy atom. The minimum atomic E-state index is -1.92. The molecule has 33 heteroatoms. The Bertz CT molecular complexity index is 2310. The molecular weight excluding hydrogens is 1060 g/mol. The maximum Gasteiger partial charge on any atom is 0.326 e. The van der Waals surface area contributed by atoms with Crippen LogP contribution in [-0.4, -0.2) is 189 Å². The van der Waals surface area contributed by atoms with Crippen molar-refractivity contribution in [1.82, 2.24) is 42.5 Å². The number of aliphatic hydroxyl groups excluding tert-OH is 2. The second-order valence-electron chi connectivity index (χ2n) is 18.2. The standard InChI is InChI=1S/C46H76N16O16S/c1-21(63)35(51)43(75)57-25(7-4-5-14-47)38(70)59-29(18-32(48)66)40(72)55-26(8-6-15-54-46(52)53)37(69)56-27(13-16-79-3)39(71)60-30(19-33(49)67)41(73)58-28(17-23-9-11-24(65)12-10-23)42(74)62-36(22(2)64)44(76)61-31(45(77)78)20-34(50)68/h9-12,21-22,25-31,35-36,63-65H,4-8,13-20,47,51H2,1-3H3,(H2,48,66)(H2,49,67)(H2,50,68)(H,55,72)(H,56,69)(H,57,75)(H,58,73)(H,59,70)(H,60,71)(H,61,76)(H,62,74)(H,77,78)(H4,52,53,54)/t21-,22-,25+,26+,27+,28+,29+,30+,31+,35+,36+/m1/s1. The van der Waals surface area contributed by atoms with Crippen LogP contribution in [0, 0.1) is 0 Å². The summed E-state index contributed by atoms with van der Waals surface area (Å²) in [7, 11) is 0. The Hall–Kier alpha value is -7.88. The lowest BCUT2D eigenvalue weighted by Gasteiger charge is -2.28. The van der Waals surface area contributed by atoms with Gasteiger partial charge in [-0.05, 0) is 88.6 Å². The van der Waals surface area contributed by atoms with Gasteiger partial charge in [-0.15, -0.1) is 0 Å². The third-order valence-electron chi connectivity index (χ3n) is 11.4. The molecule has 0 heterocycles. The highest BCUT2D eigenvalue weighted by Gasteiger charge is 2.37. The lowest BCUT2D eigenvalue weighted by atomic mass is 10.0. The lowest BCUT2D eigenvalue weighted by Crippen LogP contribution is -2.62. The zero-order valence-corrected chi connectivity index (χ0v) is 44.8. The largest absolute Gasteiger partial charge is 0.508 e. The van der Waals surface area contributed by atoms with Crippen molar-refractivity contribution >= 4 is 88.7 Å². The van der Waals surface area contributed by atoms with Gasteiger partial charge in [-0.25, -0.2) is 4.79 Å². The Kier molecular flexibility index (Phi) is 31.1. The van der Waals surface area contributed by atoms with Crippen LogP contribution >= 0.6 is 11.8 Å². The van der Waals surface area contributed by atoms with Gasteiger partial charge in [0.2, 0.25) is 65.0 Å². The van der Waals surface area contributed by atoms with Crippen molar-refractivity contribution in [3.63, 3.8) is 0 Å². The van der Waals surface area contributed by atoms with Crippen LogP contribution in [0.1, 0.15) is 77.2 Å². The highest BCUT2D eigenvalue weighted by atomic mass is 32.2. The summed E-state index contributed by atoms with van der Waals surface area (Å²) in [5.74, 6) is -14.2. The van der Waals surface area contributed by atoms with Crippen LogP contribution in [0.15, 0.2) is 29.3 Å². The zero-order chi connectivity index (χ0) is 60.1. The van der Waals surface area contributed by atoms with Crippen LogP contribution in [0.5, 0.6) is 5.75 Å². The number of primary amides is 3. The van der Waals surface area contributed by atoms with Crippen LogP contribution in [0.2, 0.25) is 0 Å².